The number of pyridine rings is 1. The van der Waals surface area contributed by atoms with Gasteiger partial charge in [-0.15, -0.1) is 0 Å². The Morgan fingerprint density at radius 1 is 1.29 bits per heavy atom. The third-order valence-electron chi connectivity index (χ3n) is 6.12. The van der Waals surface area contributed by atoms with E-state index in [9.17, 15) is 0 Å². The van der Waals surface area contributed by atoms with Crippen molar-refractivity contribution >= 4 is 0 Å². The van der Waals surface area contributed by atoms with Gasteiger partial charge in [0, 0.05) is 12.2 Å². The molecule has 114 valence electrons. The lowest BCUT2D eigenvalue weighted by molar-refractivity contribution is 0.366. The zero-order chi connectivity index (χ0) is 14.4. The third-order valence-corrected chi connectivity index (χ3v) is 6.12. The molecule has 3 saturated carbocycles. The average Bonchev–Trinajstić information content (AvgIpc) is 2.93. The summed E-state index contributed by atoms with van der Waals surface area (Å²) in [4.78, 5) is 4.38. The first kappa shape index (κ1) is 13.6. The predicted molar refractivity (Wildman–Crippen MR) is 83.1 cm³/mol. The number of nitrogens with one attached hydrogen (secondary N) is 1. The summed E-state index contributed by atoms with van der Waals surface area (Å²) in [5.41, 5.74) is 1.32. The first-order valence-corrected chi connectivity index (χ1v) is 8.55. The Bertz CT molecular complexity index is 502. The molecule has 1 heterocycles. The quantitative estimate of drug-likeness (QED) is 0.870. The van der Waals surface area contributed by atoms with Gasteiger partial charge in [-0.25, -0.2) is 0 Å². The van der Waals surface area contributed by atoms with Crippen molar-refractivity contribution in [2.24, 2.45) is 29.6 Å². The van der Waals surface area contributed by atoms with Crippen molar-refractivity contribution in [2.45, 2.75) is 38.6 Å². The lowest BCUT2D eigenvalue weighted by Crippen LogP contribution is -2.26. The second kappa shape index (κ2) is 5.28. The van der Waals surface area contributed by atoms with Crippen LogP contribution in [0.2, 0.25) is 0 Å². The molecule has 0 aliphatic heterocycles. The fourth-order valence-corrected chi connectivity index (χ4v) is 5.33. The molecule has 3 heteroatoms. The second-order valence-corrected chi connectivity index (χ2v) is 7.16. The maximum absolute atomic E-state index is 5.37. The molecule has 3 fully saturated rings. The van der Waals surface area contributed by atoms with Crippen molar-refractivity contribution in [3.63, 3.8) is 0 Å². The summed E-state index contributed by atoms with van der Waals surface area (Å²) in [7, 11) is 1.72. The summed E-state index contributed by atoms with van der Waals surface area (Å²) in [6, 6.07) is 2.65. The molecule has 2 bridgehead atoms. The molecule has 21 heavy (non-hydrogen) atoms. The molecule has 0 spiro atoms. The van der Waals surface area contributed by atoms with Crippen LogP contribution in [0.25, 0.3) is 0 Å². The van der Waals surface area contributed by atoms with Crippen LogP contribution in [0.1, 0.15) is 44.2 Å². The van der Waals surface area contributed by atoms with E-state index < -0.39 is 0 Å². The van der Waals surface area contributed by atoms with Gasteiger partial charge in [-0.3, -0.25) is 4.98 Å². The Labute approximate surface area is 127 Å². The van der Waals surface area contributed by atoms with Gasteiger partial charge < -0.3 is 10.1 Å². The van der Waals surface area contributed by atoms with Crippen molar-refractivity contribution in [1.82, 2.24) is 10.3 Å². The smallest absolute Gasteiger partial charge is 0.137 e. The molecular formula is C18H26N2O. The molecule has 3 nitrogen and oxygen atoms in total. The molecular weight excluding hydrogens is 260 g/mol. The van der Waals surface area contributed by atoms with Gasteiger partial charge in [0.2, 0.25) is 0 Å². The van der Waals surface area contributed by atoms with E-state index in [0.717, 1.165) is 41.9 Å². The monoisotopic (exact) mass is 286 g/mol. The van der Waals surface area contributed by atoms with Crippen molar-refractivity contribution in [2.75, 3.05) is 13.7 Å². The number of hydrogen-bond donors (Lipinski definition) is 1. The molecule has 3 aliphatic rings. The van der Waals surface area contributed by atoms with Gasteiger partial charge in [-0.05, 0) is 73.4 Å². The maximum atomic E-state index is 5.37. The van der Waals surface area contributed by atoms with Crippen LogP contribution < -0.4 is 10.1 Å². The number of rotatable bonds is 6. The van der Waals surface area contributed by atoms with Crippen molar-refractivity contribution in [3.05, 3.63) is 24.0 Å². The summed E-state index contributed by atoms with van der Waals surface area (Å²) in [5.74, 6) is 5.75. The van der Waals surface area contributed by atoms with Crippen molar-refractivity contribution in [1.29, 1.82) is 0 Å². The van der Waals surface area contributed by atoms with Crippen LogP contribution in [-0.4, -0.2) is 18.6 Å². The number of aromatic nitrogens is 1. The van der Waals surface area contributed by atoms with Crippen molar-refractivity contribution in [3.8, 4) is 5.75 Å². The maximum Gasteiger partial charge on any atom is 0.137 e. The molecule has 5 atom stereocenters. The molecule has 3 aliphatic carbocycles. The van der Waals surface area contributed by atoms with E-state index in [4.69, 9.17) is 4.74 Å². The van der Waals surface area contributed by atoms with Gasteiger partial charge >= 0.3 is 0 Å². The van der Waals surface area contributed by atoms with Gasteiger partial charge in [-0.2, -0.15) is 0 Å². The Balaban J connectivity index is 1.57. The van der Waals surface area contributed by atoms with Crippen LogP contribution in [-0.2, 0) is 0 Å². The average molecular weight is 286 g/mol. The molecule has 1 N–H and O–H groups in total. The predicted octanol–water partition coefficient (Wildman–Crippen LogP) is 3.42. The van der Waals surface area contributed by atoms with Gasteiger partial charge in [0.25, 0.3) is 0 Å². The van der Waals surface area contributed by atoms with Gasteiger partial charge in [0.05, 0.1) is 13.3 Å². The Kier molecular flexibility index (Phi) is 3.41. The number of fused-ring (bicyclic) bond motifs is 5. The van der Waals surface area contributed by atoms with E-state index in [0.29, 0.717) is 6.04 Å². The molecule has 4 rings (SSSR count). The zero-order valence-electron chi connectivity index (χ0n) is 13.1. The van der Waals surface area contributed by atoms with E-state index in [2.05, 4.69) is 23.3 Å². The van der Waals surface area contributed by atoms with Gasteiger partial charge in [0.15, 0.2) is 0 Å². The fourth-order valence-electron chi connectivity index (χ4n) is 5.33. The zero-order valence-corrected chi connectivity index (χ0v) is 13.1. The topological polar surface area (TPSA) is 34.2 Å². The minimum Gasteiger partial charge on any atom is -0.495 e. The fraction of sp³-hybridized carbons (Fsp3) is 0.722. The second-order valence-electron chi connectivity index (χ2n) is 7.16. The number of ether oxygens (including phenoxy) is 1. The van der Waals surface area contributed by atoms with Crippen LogP contribution in [0.4, 0.5) is 0 Å². The third kappa shape index (κ3) is 2.17. The van der Waals surface area contributed by atoms with Crippen LogP contribution in [0.3, 0.4) is 0 Å². The molecule has 1 aromatic heterocycles. The van der Waals surface area contributed by atoms with Crippen LogP contribution in [0.5, 0.6) is 5.75 Å². The van der Waals surface area contributed by atoms with Crippen LogP contribution >= 0.6 is 0 Å². The number of hydrogen-bond acceptors (Lipinski definition) is 3. The largest absolute Gasteiger partial charge is 0.495 e. The highest BCUT2D eigenvalue weighted by Crippen LogP contribution is 2.72. The standard InChI is InChI=1S/C18H26N2O/c1-3-6-20-18(13-8-14(21-2)10-19-9-13)17-15-11-4-5-12(7-11)16(15)17/h8-12,15-18,20H,3-7H2,1-2H3. The van der Waals surface area contributed by atoms with E-state index in [1.165, 1.54) is 31.2 Å². The molecule has 5 unspecified atom stereocenters. The Morgan fingerprint density at radius 3 is 2.71 bits per heavy atom. The lowest BCUT2D eigenvalue weighted by Gasteiger charge is -2.22. The highest BCUT2D eigenvalue weighted by Gasteiger charge is 2.66. The van der Waals surface area contributed by atoms with Gasteiger partial charge in [-0.1, -0.05) is 6.92 Å². The summed E-state index contributed by atoms with van der Waals surface area (Å²) in [6.45, 7) is 3.33. The molecule has 1 aromatic rings. The first-order chi connectivity index (χ1) is 10.3. The Morgan fingerprint density at radius 2 is 2.05 bits per heavy atom. The summed E-state index contributed by atoms with van der Waals surface area (Å²) >= 11 is 0. The summed E-state index contributed by atoms with van der Waals surface area (Å²) in [6.07, 6.45) is 9.51. The van der Waals surface area contributed by atoms with E-state index >= 15 is 0 Å². The minimum atomic E-state index is 0.478. The molecule has 0 radical (unpaired) electrons. The molecule has 0 amide bonds. The van der Waals surface area contributed by atoms with E-state index in [-0.39, 0.29) is 0 Å². The van der Waals surface area contributed by atoms with Crippen molar-refractivity contribution < 1.29 is 4.74 Å². The first-order valence-electron chi connectivity index (χ1n) is 8.55. The summed E-state index contributed by atoms with van der Waals surface area (Å²) in [5, 5.41) is 3.80. The lowest BCUT2D eigenvalue weighted by atomic mass is 9.93. The highest BCUT2D eigenvalue weighted by atomic mass is 16.5. The highest BCUT2D eigenvalue weighted by molar-refractivity contribution is 5.30. The van der Waals surface area contributed by atoms with E-state index in [1.54, 1.807) is 13.3 Å². The number of nitrogens with zero attached hydrogens (tertiary/aromatic N) is 1. The molecule has 0 saturated heterocycles. The summed E-state index contributed by atoms with van der Waals surface area (Å²) < 4.78 is 5.37. The van der Waals surface area contributed by atoms with E-state index in [1.807, 2.05) is 6.20 Å². The van der Waals surface area contributed by atoms with Crippen LogP contribution in [0.15, 0.2) is 18.5 Å². The van der Waals surface area contributed by atoms with Crippen LogP contribution in [0, 0.1) is 29.6 Å². The Hall–Kier alpha value is -1.09. The van der Waals surface area contributed by atoms with Gasteiger partial charge in [0.1, 0.15) is 5.75 Å². The number of methoxy groups -OCH3 is 1. The minimum absolute atomic E-state index is 0.478. The SMILES string of the molecule is CCCNC(c1cncc(OC)c1)C1C2C3CCC(C3)C21. The normalized spacial score (nSPS) is 37.3. The molecule has 0 aromatic carbocycles.